The van der Waals surface area contributed by atoms with E-state index in [1.54, 1.807) is 24.3 Å². The Bertz CT molecular complexity index is 6650. The summed E-state index contributed by atoms with van der Waals surface area (Å²) < 4.78 is 164. The van der Waals surface area contributed by atoms with Crippen molar-refractivity contribution in [2.75, 3.05) is 0 Å². The lowest BCUT2D eigenvalue weighted by Crippen LogP contribution is -2.30. The Kier molecular flexibility index (Phi) is 22.5. The van der Waals surface area contributed by atoms with Crippen molar-refractivity contribution in [1.82, 2.24) is 0 Å². The van der Waals surface area contributed by atoms with Crippen LogP contribution in [0.3, 0.4) is 0 Å². The van der Waals surface area contributed by atoms with Crippen molar-refractivity contribution in [3.63, 3.8) is 0 Å². The molecule has 0 N–H and O–H groups in total. The van der Waals surface area contributed by atoms with Crippen LogP contribution in [0.1, 0.15) is 144 Å². The van der Waals surface area contributed by atoms with Crippen LogP contribution in [0.25, 0.3) is 112 Å². The lowest BCUT2D eigenvalue weighted by Gasteiger charge is -2.11. The molecule has 0 amide bonds. The smallest absolute Gasteiger partial charge is 0.207 e. The molecule has 0 fully saturated rings. The second-order valence-electron chi connectivity index (χ2n) is 30.4. The van der Waals surface area contributed by atoms with Crippen LogP contribution in [-0.4, -0.2) is 0 Å². The topological polar surface area (TPSA) is 19.4 Å². The van der Waals surface area contributed by atoms with Crippen LogP contribution in [-0.2, 0) is 48.1 Å². The predicted molar refractivity (Wildman–Crippen MR) is 486 cm³/mol. The predicted octanol–water partition coefficient (Wildman–Crippen LogP) is 26.0. The van der Waals surface area contributed by atoms with Gasteiger partial charge >= 0.3 is 0 Å². The van der Waals surface area contributed by atoms with Gasteiger partial charge in [0.25, 0.3) is 0 Å². The van der Waals surface area contributed by atoms with Crippen LogP contribution < -0.4 is 22.8 Å². The average Bonchev–Trinajstić information content (AvgIpc) is 0.766. The van der Waals surface area contributed by atoms with E-state index in [0.29, 0.717) is 11.1 Å². The average molecular weight is 1560 g/mol. The van der Waals surface area contributed by atoms with Gasteiger partial charge in [-0.15, -0.1) is 0 Å². The van der Waals surface area contributed by atoms with Crippen LogP contribution in [0.2, 0.25) is 0 Å². The Labute approximate surface area is 719 Å². The zero-order valence-electron chi connectivity index (χ0n) is 86.0. The molecule has 7 heteroatoms. The zero-order chi connectivity index (χ0) is 97.3. The Morgan fingerprint density at radius 1 is 0.282 bits per heavy atom. The fourth-order valence-electron chi connectivity index (χ4n) is 14.4. The summed E-state index contributed by atoms with van der Waals surface area (Å²) in [7, 11) is 10.1. The van der Waals surface area contributed by atoms with E-state index in [0.717, 1.165) is 95.1 Å². The fraction of sp³-hybridized carbons (Fsp3) is 0.227. The van der Waals surface area contributed by atoms with Crippen LogP contribution in [0.15, 0.2) is 322 Å². The summed E-state index contributed by atoms with van der Waals surface area (Å²) in [6.07, 6.45) is 10.1. The molecule has 15 rings (SSSR count). The minimum atomic E-state index is -2.64. The molecule has 0 aliphatic rings. The van der Waals surface area contributed by atoms with Crippen LogP contribution in [0.5, 0.6) is 0 Å². The Hall–Kier alpha value is -12.2. The molecule has 0 saturated carbocycles. The van der Waals surface area contributed by atoms with Gasteiger partial charge in [-0.1, -0.05) is 237 Å². The largest absolute Gasteiger partial charge is 0.213 e. The van der Waals surface area contributed by atoms with Gasteiger partial charge in [-0.25, -0.2) is 31.6 Å². The van der Waals surface area contributed by atoms with E-state index >= 15 is 0 Å². The van der Waals surface area contributed by atoms with Crippen molar-refractivity contribution in [3.8, 4) is 112 Å². The van der Waals surface area contributed by atoms with Crippen molar-refractivity contribution >= 4 is 0 Å². The molecule has 0 aliphatic heterocycles. The lowest BCUT2D eigenvalue weighted by molar-refractivity contribution is -0.660. The summed E-state index contributed by atoms with van der Waals surface area (Å²) in [5.74, 6) is -8.13. The van der Waals surface area contributed by atoms with Crippen LogP contribution in [0, 0.1) is 65.0 Å². The number of benzene rings is 10. The Morgan fingerprint density at radius 2 is 0.598 bits per heavy atom. The molecule has 4 unspecified atom stereocenters. The van der Waals surface area contributed by atoms with E-state index in [9.17, 15) is 8.78 Å². The number of rotatable bonds is 16. The summed E-state index contributed by atoms with van der Waals surface area (Å²) >= 11 is 0. The maximum Gasteiger partial charge on any atom is 0.213 e. The number of hydrogen-bond acceptors (Lipinski definition) is 0. The van der Waals surface area contributed by atoms with Gasteiger partial charge in [0, 0.05) is 110 Å². The molecule has 5 nitrogen and oxygen atoms in total. The Balaban J connectivity index is 0.000000161. The molecule has 592 valence electrons. The monoisotopic (exact) mass is 1560 g/mol. The van der Waals surface area contributed by atoms with Gasteiger partial charge in [-0.2, -0.15) is 0 Å². The third-order valence-corrected chi connectivity index (χ3v) is 21.1. The molecule has 0 spiro atoms. The van der Waals surface area contributed by atoms with Crippen molar-refractivity contribution in [2.24, 2.45) is 47.0 Å². The second kappa shape index (κ2) is 39.9. The third kappa shape index (κ3) is 22.3. The molecule has 4 atom stereocenters. The molecule has 0 aliphatic carbocycles. The van der Waals surface area contributed by atoms with Crippen LogP contribution in [0.4, 0.5) is 8.78 Å². The van der Waals surface area contributed by atoms with Crippen LogP contribution >= 0.6 is 0 Å². The summed E-state index contributed by atoms with van der Waals surface area (Å²) in [5, 5.41) is 0. The highest BCUT2D eigenvalue weighted by molar-refractivity contribution is 5.76. The number of aryl methyl sites for hydroxylation is 11. The first kappa shape index (κ1) is 66.0. The molecule has 117 heavy (non-hydrogen) atoms. The highest BCUT2D eigenvalue weighted by atomic mass is 19.1. The minimum Gasteiger partial charge on any atom is -0.207 e. The highest BCUT2D eigenvalue weighted by Gasteiger charge is 2.21. The van der Waals surface area contributed by atoms with Crippen molar-refractivity contribution in [3.05, 3.63) is 389 Å². The molecule has 0 radical (unpaired) electrons. The highest BCUT2D eigenvalue weighted by Crippen LogP contribution is 2.35. The standard InChI is InChI=1S/C23H25FN.C23H26N.C22H23FN.C22H24N.C20H20N/c1-16(2)13-20-14-18(9-10-22(20)24)19-11-12-25(4)23(15-19)21-8-6-5-7-17(21)3;1-17(2)14-19-9-7-10-20(15-19)21-12-13-24(4)23(16-21)22-11-6-5-8-18(22)3;1-15(2)20-13-17(9-10-21(20)23)18-11-12-24(4)22(14-18)19-8-6-5-7-16(19)3;1-16(2)18-9-7-10-19(14-18)20-12-13-23(4)22(15-20)21-11-6-5-8-17(21)3;1-15-8-10-17(11-9-15)18-12-13-21(3)20(14-18)19-7-5-4-6-16(19)2/h5-12,14-16H,13H2,1-4H3;5-13,15-17H,14H2,1-4H3;5-15H,1-4H3;5-16H,1-4H3;4-14H,1-3H3/q5*+1/i1D3,16D;1D3,17D;1D3,15D;1D3,16D;. The van der Waals surface area contributed by atoms with Gasteiger partial charge in [0.2, 0.25) is 28.5 Å². The lowest BCUT2D eigenvalue weighted by atomic mass is 9.96. The summed E-state index contributed by atoms with van der Waals surface area (Å²) in [4.78, 5) is 0. The van der Waals surface area contributed by atoms with Gasteiger partial charge < -0.3 is 0 Å². The van der Waals surface area contributed by atoms with Gasteiger partial charge in [-0.3, -0.25) is 0 Å². The van der Waals surface area contributed by atoms with Crippen molar-refractivity contribution < 1.29 is 53.5 Å². The molecule has 5 heterocycles. The third-order valence-electron chi connectivity index (χ3n) is 21.1. The Morgan fingerprint density at radius 3 is 0.974 bits per heavy atom. The van der Waals surface area contributed by atoms with E-state index in [-0.39, 0.29) is 24.0 Å². The molecule has 10 aromatic carbocycles. The first-order chi connectivity index (χ1) is 62.4. The number of nitrogens with zero attached hydrogens (tertiary/aromatic N) is 5. The SMILES string of the molecule is Cc1ccc(-c2cc[n+](C)c(-c3ccccc3C)c2)cc1.[2H]C([2H])([2H])C([2H])(C)Cc1cc(-c2cc[n+](C)c(-c3ccccc3C)c2)ccc1F.[2H]C([2H])([2H])C([2H])(C)Cc1cccc(-c2cc[n+](C)c(-c3ccccc3C)c2)c1.[2H]C([2H])([2H])C([2H])(C)c1cc(-c2cc[n+](C)c(-c3ccccc3C)c2)ccc1F.[2H]C([2H])([2H])C([2H])(C)c1cccc(-c2cc[n+](C)c(-c3ccccc3C)c2)c1. The van der Waals surface area contributed by atoms with E-state index < -0.39 is 62.6 Å². The number of halogens is 2. The fourth-order valence-corrected chi connectivity index (χ4v) is 14.4. The second-order valence-corrected chi connectivity index (χ2v) is 30.4. The maximum atomic E-state index is 14.4. The summed E-state index contributed by atoms with van der Waals surface area (Å²) in [6.45, 7) is 8.21. The van der Waals surface area contributed by atoms with Gasteiger partial charge in [0.05, 0.1) is 0 Å². The first-order valence-electron chi connectivity index (χ1n) is 47.5. The normalized spacial score (nSPS) is 15.4. The van der Waals surface area contributed by atoms with Crippen molar-refractivity contribution in [2.45, 2.75) is 121 Å². The van der Waals surface area contributed by atoms with E-state index in [1.165, 1.54) is 96.1 Å². The van der Waals surface area contributed by atoms with Crippen molar-refractivity contribution in [1.29, 1.82) is 0 Å². The molecule has 5 aromatic heterocycles. The maximum absolute atomic E-state index is 14.4. The van der Waals surface area contributed by atoms with E-state index in [2.05, 4.69) is 177 Å². The summed E-state index contributed by atoms with van der Waals surface area (Å²) in [6, 6.07) is 94.8. The van der Waals surface area contributed by atoms with Gasteiger partial charge in [0.1, 0.15) is 46.9 Å². The quantitative estimate of drug-likeness (QED) is 0.0859. The zero-order valence-corrected chi connectivity index (χ0v) is 70.0. The molecule has 15 aromatic rings. The minimum absolute atomic E-state index is 0.129. The van der Waals surface area contributed by atoms with Gasteiger partial charge in [0.15, 0.2) is 31.0 Å². The number of aromatic nitrogens is 5. The molecule has 0 bridgehead atoms. The van der Waals surface area contributed by atoms with E-state index in [4.69, 9.17) is 21.9 Å². The molecular weight excluding hydrogens is 1430 g/mol. The van der Waals surface area contributed by atoms with E-state index in [1.807, 2.05) is 202 Å². The molecular formula is C110H118F2N5+5. The summed E-state index contributed by atoms with van der Waals surface area (Å²) in [5.41, 5.74) is 29.8. The number of hydrogen-bond donors (Lipinski definition) is 0. The first-order valence-corrected chi connectivity index (χ1v) is 39.5. The molecule has 0 saturated heterocycles. The number of pyridine rings is 5. The van der Waals surface area contributed by atoms with Gasteiger partial charge in [-0.05, 0) is 238 Å².